The Morgan fingerprint density at radius 3 is 2.89 bits per heavy atom. The topological polar surface area (TPSA) is 62.2 Å². The Hall–Kier alpha value is -2.10. The molecule has 19 heavy (non-hydrogen) atoms. The highest BCUT2D eigenvalue weighted by atomic mass is 16.4. The predicted molar refractivity (Wildman–Crippen MR) is 74.1 cm³/mol. The average Bonchev–Trinajstić information content (AvgIpc) is 2.87. The first-order valence-electron chi connectivity index (χ1n) is 6.59. The van der Waals surface area contributed by atoms with Crippen molar-refractivity contribution in [2.75, 3.05) is 5.32 Å². The first kappa shape index (κ1) is 12.0. The van der Waals surface area contributed by atoms with E-state index < -0.39 is 5.97 Å². The molecule has 1 saturated carbocycles. The molecule has 1 aliphatic carbocycles. The minimum atomic E-state index is -0.712. The van der Waals surface area contributed by atoms with E-state index in [9.17, 15) is 9.90 Å². The Kier molecular flexibility index (Phi) is 3.07. The second kappa shape index (κ2) is 4.88. The van der Waals surface area contributed by atoms with Crippen LogP contribution in [0.15, 0.2) is 36.4 Å². The van der Waals surface area contributed by atoms with Gasteiger partial charge in [-0.25, -0.2) is 4.98 Å². The van der Waals surface area contributed by atoms with E-state index in [1.807, 2.05) is 36.4 Å². The van der Waals surface area contributed by atoms with Crippen LogP contribution >= 0.6 is 0 Å². The summed E-state index contributed by atoms with van der Waals surface area (Å²) in [5.41, 5.74) is 0.928. The molecular formula is C15H16N2O2. The van der Waals surface area contributed by atoms with E-state index >= 15 is 0 Å². The first-order chi connectivity index (χ1) is 9.24. The molecule has 4 heteroatoms. The van der Waals surface area contributed by atoms with Crippen LogP contribution < -0.4 is 5.32 Å². The van der Waals surface area contributed by atoms with Gasteiger partial charge in [0, 0.05) is 11.4 Å². The lowest BCUT2D eigenvalue weighted by atomic mass is 10.0. The monoisotopic (exact) mass is 256 g/mol. The molecule has 2 unspecified atom stereocenters. The van der Waals surface area contributed by atoms with Crippen molar-refractivity contribution in [2.24, 2.45) is 5.92 Å². The van der Waals surface area contributed by atoms with E-state index in [1.54, 1.807) is 0 Å². The molecule has 0 saturated heterocycles. The maximum atomic E-state index is 11.2. The van der Waals surface area contributed by atoms with Crippen LogP contribution in [0.5, 0.6) is 0 Å². The molecule has 4 nitrogen and oxygen atoms in total. The normalized spacial score (nSPS) is 22.5. The summed E-state index contributed by atoms with van der Waals surface area (Å²) in [6.45, 7) is 0. The molecule has 0 spiro atoms. The number of benzene rings is 1. The number of fused-ring (bicyclic) bond motifs is 1. The molecule has 0 amide bonds. The quantitative estimate of drug-likeness (QED) is 0.886. The maximum absolute atomic E-state index is 11.2. The van der Waals surface area contributed by atoms with E-state index in [0.717, 1.165) is 36.0 Å². The van der Waals surface area contributed by atoms with Crippen molar-refractivity contribution in [1.29, 1.82) is 0 Å². The summed E-state index contributed by atoms with van der Waals surface area (Å²) >= 11 is 0. The molecule has 1 aromatic heterocycles. The van der Waals surface area contributed by atoms with E-state index in [-0.39, 0.29) is 12.0 Å². The van der Waals surface area contributed by atoms with Gasteiger partial charge < -0.3 is 10.4 Å². The summed E-state index contributed by atoms with van der Waals surface area (Å²) in [6.07, 6.45) is 2.61. The molecule has 2 aromatic rings. The van der Waals surface area contributed by atoms with Gasteiger partial charge >= 0.3 is 5.97 Å². The molecule has 1 heterocycles. The van der Waals surface area contributed by atoms with Crippen LogP contribution in [-0.2, 0) is 4.79 Å². The Bertz CT molecular complexity index is 612. The van der Waals surface area contributed by atoms with Crippen molar-refractivity contribution < 1.29 is 9.90 Å². The van der Waals surface area contributed by atoms with Gasteiger partial charge in [0.25, 0.3) is 0 Å². The zero-order valence-corrected chi connectivity index (χ0v) is 10.5. The second-order valence-corrected chi connectivity index (χ2v) is 5.02. The van der Waals surface area contributed by atoms with E-state index in [2.05, 4.69) is 10.3 Å². The van der Waals surface area contributed by atoms with Crippen molar-refractivity contribution in [3.63, 3.8) is 0 Å². The number of para-hydroxylation sites is 1. The number of anilines is 1. The molecule has 1 aromatic carbocycles. The van der Waals surface area contributed by atoms with Gasteiger partial charge in [0.05, 0.1) is 11.4 Å². The van der Waals surface area contributed by atoms with E-state index in [1.165, 1.54) is 0 Å². The summed E-state index contributed by atoms with van der Waals surface area (Å²) in [5.74, 6) is -0.249. The highest BCUT2D eigenvalue weighted by Gasteiger charge is 2.32. The number of carboxylic acid groups (broad SMARTS) is 1. The number of pyridine rings is 1. The fourth-order valence-electron chi connectivity index (χ4n) is 2.76. The number of carbonyl (C=O) groups is 1. The highest BCUT2D eigenvalue weighted by molar-refractivity contribution is 5.80. The van der Waals surface area contributed by atoms with Crippen LogP contribution in [0.1, 0.15) is 19.3 Å². The Balaban J connectivity index is 1.83. The zero-order valence-electron chi connectivity index (χ0n) is 10.5. The summed E-state index contributed by atoms with van der Waals surface area (Å²) < 4.78 is 0. The SMILES string of the molecule is O=C(O)C1CCCC1Nc1ccc2ccccc2n1. The fraction of sp³-hybridized carbons (Fsp3) is 0.333. The van der Waals surface area contributed by atoms with Gasteiger partial charge in [-0.05, 0) is 31.0 Å². The lowest BCUT2D eigenvalue weighted by molar-refractivity contribution is -0.141. The van der Waals surface area contributed by atoms with Crippen LogP contribution in [-0.4, -0.2) is 22.1 Å². The average molecular weight is 256 g/mol. The third-order valence-corrected chi connectivity index (χ3v) is 3.76. The minimum absolute atomic E-state index is 0.00818. The van der Waals surface area contributed by atoms with Crippen molar-refractivity contribution in [2.45, 2.75) is 25.3 Å². The molecule has 1 aliphatic rings. The summed E-state index contributed by atoms with van der Waals surface area (Å²) in [7, 11) is 0. The van der Waals surface area contributed by atoms with Crippen molar-refractivity contribution in [3.8, 4) is 0 Å². The molecule has 0 bridgehead atoms. The summed E-state index contributed by atoms with van der Waals surface area (Å²) in [5, 5.41) is 13.5. The number of nitrogens with zero attached hydrogens (tertiary/aromatic N) is 1. The second-order valence-electron chi connectivity index (χ2n) is 5.02. The molecule has 2 N–H and O–H groups in total. The molecule has 3 rings (SSSR count). The fourth-order valence-corrected chi connectivity index (χ4v) is 2.76. The van der Waals surface area contributed by atoms with E-state index in [0.29, 0.717) is 0 Å². The molecule has 1 fully saturated rings. The smallest absolute Gasteiger partial charge is 0.308 e. The number of aromatic nitrogens is 1. The Morgan fingerprint density at radius 1 is 1.21 bits per heavy atom. The first-order valence-corrected chi connectivity index (χ1v) is 6.59. The van der Waals surface area contributed by atoms with Crippen LogP contribution in [0.25, 0.3) is 10.9 Å². The van der Waals surface area contributed by atoms with Crippen LogP contribution in [0.3, 0.4) is 0 Å². The largest absolute Gasteiger partial charge is 0.481 e. The van der Waals surface area contributed by atoms with Crippen molar-refractivity contribution in [3.05, 3.63) is 36.4 Å². The van der Waals surface area contributed by atoms with Gasteiger partial charge in [0.1, 0.15) is 5.82 Å². The third kappa shape index (κ3) is 2.38. The molecule has 2 atom stereocenters. The van der Waals surface area contributed by atoms with Gasteiger partial charge in [-0.15, -0.1) is 0 Å². The molecule has 0 radical (unpaired) electrons. The van der Waals surface area contributed by atoms with Crippen LogP contribution in [0.4, 0.5) is 5.82 Å². The Labute approximate surface area is 111 Å². The van der Waals surface area contributed by atoms with Crippen LogP contribution in [0, 0.1) is 5.92 Å². The number of aliphatic carboxylic acids is 1. The summed E-state index contributed by atoms with van der Waals surface area (Å²) in [4.78, 5) is 15.7. The zero-order chi connectivity index (χ0) is 13.2. The predicted octanol–water partition coefficient (Wildman–Crippen LogP) is 2.90. The number of hydrogen-bond donors (Lipinski definition) is 2. The van der Waals surface area contributed by atoms with Crippen molar-refractivity contribution >= 4 is 22.7 Å². The van der Waals surface area contributed by atoms with Gasteiger partial charge in [-0.2, -0.15) is 0 Å². The lowest BCUT2D eigenvalue weighted by Crippen LogP contribution is -2.30. The van der Waals surface area contributed by atoms with Gasteiger partial charge in [-0.1, -0.05) is 24.6 Å². The molecular weight excluding hydrogens is 240 g/mol. The lowest BCUT2D eigenvalue weighted by Gasteiger charge is -2.18. The van der Waals surface area contributed by atoms with Gasteiger partial charge in [0.15, 0.2) is 0 Å². The maximum Gasteiger partial charge on any atom is 0.308 e. The number of rotatable bonds is 3. The van der Waals surface area contributed by atoms with Crippen molar-refractivity contribution in [1.82, 2.24) is 4.98 Å². The third-order valence-electron chi connectivity index (χ3n) is 3.76. The van der Waals surface area contributed by atoms with Crippen LogP contribution in [0.2, 0.25) is 0 Å². The molecule has 98 valence electrons. The Morgan fingerprint density at radius 2 is 2.05 bits per heavy atom. The molecule has 0 aliphatic heterocycles. The van der Waals surface area contributed by atoms with Gasteiger partial charge in [0.2, 0.25) is 0 Å². The van der Waals surface area contributed by atoms with Gasteiger partial charge in [-0.3, -0.25) is 4.79 Å². The summed E-state index contributed by atoms with van der Waals surface area (Å²) in [6, 6.07) is 11.8. The standard InChI is InChI=1S/C15H16N2O2/c18-15(19)11-5-3-7-13(11)17-14-9-8-10-4-1-2-6-12(10)16-14/h1-2,4,6,8-9,11,13H,3,5,7H2,(H,16,17)(H,18,19). The number of nitrogens with one attached hydrogen (secondary N) is 1. The number of carboxylic acids is 1. The minimum Gasteiger partial charge on any atom is -0.481 e. The highest BCUT2D eigenvalue weighted by Crippen LogP contribution is 2.28. The number of hydrogen-bond acceptors (Lipinski definition) is 3. The van der Waals surface area contributed by atoms with E-state index in [4.69, 9.17) is 0 Å².